The Morgan fingerprint density at radius 1 is 0.656 bits per heavy atom. The normalized spacial score (nSPS) is 13.6. The largest absolute Gasteiger partial charge is 0.508 e. The third-order valence-corrected chi connectivity index (χ3v) is 6.73. The molecule has 3 aromatic carbocycles. The van der Waals surface area contributed by atoms with Gasteiger partial charge in [0.15, 0.2) is 14.7 Å². The van der Waals surface area contributed by atoms with E-state index >= 15 is 0 Å². The van der Waals surface area contributed by atoms with Crippen LogP contribution in [-0.4, -0.2) is 34.8 Å². The quantitative estimate of drug-likeness (QED) is 0.354. The van der Waals surface area contributed by atoms with Gasteiger partial charge < -0.3 is 14.9 Å². The second kappa shape index (κ2) is 8.95. The van der Waals surface area contributed by atoms with Gasteiger partial charge in [-0.15, -0.1) is 0 Å². The van der Waals surface area contributed by atoms with E-state index in [0.717, 1.165) is 14.7 Å². The number of phenolic OH excluding ortho intramolecular Hbond substituents is 1. The number of hydrogen-bond acceptors (Lipinski definition) is 3. The summed E-state index contributed by atoms with van der Waals surface area (Å²) in [5.74, 6) is -0.182. The summed E-state index contributed by atoms with van der Waals surface area (Å²) < 4.78 is 81.5. The SMILES string of the molecule is Oc1ccc([S+](c2ccccc2)c2ccc(OCC(O)(C(F)(F)F)C(F)(F)F)cc2)cc1. The van der Waals surface area contributed by atoms with Gasteiger partial charge in [0, 0.05) is 0 Å². The Morgan fingerprint density at radius 2 is 1.09 bits per heavy atom. The fourth-order valence-corrected chi connectivity index (χ4v) is 4.79. The third-order valence-electron chi connectivity index (χ3n) is 4.50. The Balaban J connectivity index is 1.87. The van der Waals surface area contributed by atoms with Gasteiger partial charge in [-0.3, -0.25) is 0 Å². The van der Waals surface area contributed by atoms with E-state index in [4.69, 9.17) is 0 Å². The fourth-order valence-electron chi connectivity index (χ4n) is 2.73. The van der Waals surface area contributed by atoms with E-state index in [2.05, 4.69) is 4.74 Å². The molecule has 0 fully saturated rings. The molecule has 0 aliphatic rings. The van der Waals surface area contributed by atoms with Gasteiger partial charge >= 0.3 is 12.4 Å². The van der Waals surface area contributed by atoms with Gasteiger partial charge in [0.1, 0.15) is 18.1 Å². The molecule has 3 rings (SSSR count). The summed E-state index contributed by atoms with van der Waals surface area (Å²) in [6, 6.07) is 21.3. The zero-order valence-electron chi connectivity index (χ0n) is 16.2. The monoisotopic (exact) mass is 475 g/mol. The van der Waals surface area contributed by atoms with E-state index in [-0.39, 0.29) is 11.5 Å². The molecule has 0 aliphatic heterocycles. The van der Waals surface area contributed by atoms with Crippen LogP contribution in [0.5, 0.6) is 11.5 Å². The first-order valence-electron chi connectivity index (χ1n) is 9.09. The molecule has 3 nitrogen and oxygen atoms in total. The number of aromatic hydroxyl groups is 1. The average molecular weight is 475 g/mol. The first-order chi connectivity index (χ1) is 14.9. The summed E-state index contributed by atoms with van der Waals surface area (Å²) in [5, 5.41) is 18.8. The van der Waals surface area contributed by atoms with E-state index in [9.17, 15) is 36.6 Å². The molecule has 170 valence electrons. The van der Waals surface area contributed by atoms with Crippen LogP contribution in [0.4, 0.5) is 26.3 Å². The molecule has 1 unspecified atom stereocenters. The zero-order valence-corrected chi connectivity index (χ0v) is 17.0. The predicted octanol–water partition coefficient (Wildman–Crippen LogP) is 5.72. The van der Waals surface area contributed by atoms with Gasteiger partial charge in [-0.25, -0.2) is 0 Å². The molecule has 0 heterocycles. The van der Waals surface area contributed by atoms with Crippen LogP contribution in [0, 0.1) is 0 Å². The smallest absolute Gasteiger partial charge is 0.429 e. The molecule has 0 aromatic heterocycles. The van der Waals surface area contributed by atoms with Crippen LogP contribution in [0.15, 0.2) is 93.5 Å². The molecule has 0 saturated heterocycles. The summed E-state index contributed by atoms with van der Waals surface area (Å²) in [6.45, 7) is -2.03. The molecular weight excluding hydrogens is 458 g/mol. The van der Waals surface area contributed by atoms with Crippen molar-refractivity contribution < 1.29 is 41.3 Å². The third kappa shape index (κ3) is 4.97. The highest BCUT2D eigenvalue weighted by Crippen LogP contribution is 2.43. The highest BCUT2D eigenvalue weighted by Gasteiger charge is 2.71. The number of ether oxygens (including phenoxy) is 1. The van der Waals surface area contributed by atoms with Crippen molar-refractivity contribution in [3.8, 4) is 11.5 Å². The van der Waals surface area contributed by atoms with Gasteiger partial charge in [0.05, 0.1) is 10.9 Å². The maximum absolute atomic E-state index is 12.8. The Hall–Kier alpha value is -2.85. The van der Waals surface area contributed by atoms with Crippen LogP contribution >= 0.6 is 0 Å². The molecule has 10 heteroatoms. The molecule has 0 aliphatic carbocycles. The summed E-state index contributed by atoms with van der Waals surface area (Å²) in [7, 11) is -0.656. The highest BCUT2D eigenvalue weighted by molar-refractivity contribution is 7.97. The topological polar surface area (TPSA) is 49.7 Å². The summed E-state index contributed by atoms with van der Waals surface area (Å²) in [4.78, 5) is 2.47. The van der Waals surface area contributed by atoms with Gasteiger partial charge in [0.2, 0.25) is 0 Å². The van der Waals surface area contributed by atoms with Crippen molar-refractivity contribution in [2.75, 3.05) is 6.61 Å². The Kier molecular flexibility index (Phi) is 6.66. The van der Waals surface area contributed by atoms with Gasteiger partial charge in [-0.2, -0.15) is 26.3 Å². The van der Waals surface area contributed by atoms with Gasteiger partial charge in [-0.1, -0.05) is 18.2 Å². The molecule has 3 aromatic rings. The summed E-state index contributed by atoms with van der Waals surface area (Å²) in [5.41, 5.74) is -4.99. The maximum Gasteiger partial charge on any atom is 0.429 e. The van der Waals surface area contributed by atoms with Crippen molar-refractivity contribution in [3.63, 3.8) is 0 Å². The molecule has 0 saturated carbocycles. The standard InChI is InChI=1S/C22H16F6O3S/c23-21(24,25)20(30,22(26,27)28)14-31-16-8-12-19(13-9-16)32(17-4-2-1-3-5-17)18-10-6-15(29)7-11-18/h1-13,30H,14H2/p+1. The molecule has 32 heavy (non-hydrogen) atoms. The van der Waals surface area contributed by atoms with Gasteiger partial charge in [-0.05, 0) is 60.7 Å². The van der Waals surface area contributed by atoms with Crippen molar-refractivity contribution >= 4 is 10.9 Å². The molecule has 0 amide bonds. The predicted molar refractivity (Wildman–Crippen MR) is 106 cm³/mol. The van der Waals surface area contributed by atoms with Crippen LogP contribution in [0.3, 0.4) is 0 Å². The van der Waals surface area contributed by atoms with Crippen molar-refractivity contribution in [2.24, 2.45) is 0 Å². The summed E-state index contributed by atoms with van der Waals surface area (Å²) in [6.07, 6.45) is -11.9. The van der Waals surface area contributed by atoms with E-state index in [1.165, 1.54) is 36.4 Å². The zero-order chi connectivity index (χ0) is 23.6. The number of alkyl halides is 6. The first-order valence-corrected chi connectivity index (χ1v) is 10.3. The second-order valence-electron chi connectivity index (χ2n) is 6.73. The lowest BCUT2D eigenvalue weighted by atomic mass is 10.0. The summed E-state index contributed by atoms with van der Waals surface area (Å²) >= 11 is 0. The van der Waals surface area contributed by atoms with E-state index < -0.39 is 35.5 Å². The van der Waals surface area contributed by atoms with Crippen molar-refractivity contribution in [1.82, 2.24) is 0 Å². The Morgan fingerprint density at radius 3 is 1.56 bits per heavy atom. The molecule has 1 atom stereocenters. The van der Waals surface area contributed by atoms with Gasteiger partial charge in [0.25, 0.3) is 5.60 Å². The van der Waals surface area contributed by atoms with Crippen molar-refractivity contribution in [3.05, 3.63) is 78.9 Å². The number of rotatable bonds is 6. The lowest BCUT2D eigenvalue weighted by molar-refractivity contribution is -0.373. The van der Waals surface area contributed by atoms with Crippen molar-refractivity contribution in [1.29, 1.82) is 0 Å². The molecule has 0 spiro atoms. The molecule has 0 radical (unpaired) electrons. The van der Waals surface area contributed by atoms with E-state index in [1.54, 1.807) is 12.1 Å². The minimum atomic E-state index is -5.95. The minimum Gasteiger partial charge on any atom is -0.508 e. The van der Waals surface area contributed by atoms with Crippen LogP contribution < -0.4 is 4.74 Å². The minimum absolute atomic E-state index is 0.0796. The van der Waals surface area contributed by atoms with Crippen LogP contribution in [0.2, 0.25) is 0 Å². The number of phenols is 1. The number of benzene rings is 3. The Bertz CT molecular complexity index is 1000. The Labute approximate surface area is 182 Å². The van der Waals surface area contributed by atoms with Crippen molar-refractivity contribution in [2.45, 2.75) is 32.6 Å². The van der Waals surface area contributed by atoms with E-state index in [1.807, 2.05) is 30.3 Å². The molecular formula is C22H17F6O3S+. The number of hydrogen-bond donors (Lipinski definition) is 2. The van der Waals surface area contributed by atoms with Crippen LogP contribution in [0.25, 0.3) is 0 Å². The fraction of sp³-hybridized carbons (Fsp3) is 0.182. The lowest BCUT2D eigenvalue weighted by Gasteiger charge is -2.31. The molecule has 0 bridgehead atoms. The second-order valence-corrected chi connectivity index (χ2v) is 8.76. The average Bonchev–Trinajstić information content (AvgIpc) is 2.73. The highest BCUT2D eigenvalue weighted by atomic mass is 32.2. The lowest BCUT2D eigenvalue weighted by Crippen LogP contribution is -2.60. The first kappa shape index (κ1) is 23.8. The van der Waals surface area contributed by atoms with Crippen LogP contribution in [-0.2, 0) is 10.9 Å². The number of halogens is 6. The van der Waals surface area contributed by atoms with Crippen LogP contribution in [0.1, 0.15) is 0 Å². The molecule has 2 N–H and O–H groups in total. The van der Waals surface area contributed by atoms with E-state index in [0.29, 0.717) is 0 Å². The number of aliphatic hydroxyl groups is 1. The maximum atomic E-state index is 12.8.